The van der Waals surface area contributed by atoms with Gasteiger partial charge in [0.1, 0.15) is 5.82 Å². The minimum absolute atomic E-state index is 0.0533. The van der Waals surface area contributed by atoms with Gasteiger partial charge in [0.15, 0.2) is 5.65 Å². The molecule has 1 fully saturated rings. The monoisotopic (exact) mass is 414 g/mol. The van der Waals surface area contributed by atoms with E-state index in [0.29, 0.717) is 41.8 Å². The van der Waals surface area contributed by atoms with Crippen LogP contribution in [0.5, 0.6) is 0 Å². The van der Waals surface area contributed by atoms with Crippen molar-refractivity contribution >= 4 is 33.7 Å². The molecular formula is C19H22N6O3S. The van der Waals surface area contributed by atoms with E-state index >= 15 is 0 Å². The molecule has 1 aliphatic heterocycles. The van der Waals surface area contributed by atoms with Gasteiger partial charge in [0.25, 0.3) is 0 Å². The number of carbonyl (C=O) groups is 1. The van der Waals surface area contributed by atoms with Crippen LogP contribution in [0.1, 0.15) is 6.42 Å². The fourth-order valence-electron chi connectivity index (χ4n) is 3.19. The highest BCUT2D eigenvalue weighted by Crippen LogP contribution is 2.22. The first-order valence-electron chi connectivity index (χ1n) is 9.28. The van der Waals surface area contributed by atoms with Crippen molar-refractivity contribution in [3.05, 3.63) is 36.8 Å². The Balaban J connectivity index is 1.55. The van der Waals surface area contributed by atoms with Crippen LogP contribution in [-0.2, 0) is 15.5 Å². The number of ether oxygens (including phenoxy) is 1. The molecule has 0 aliphatic carbocycles. The summed E-state index contributed by atoms with van der Waals surface area (Å²) in [6.45, 7) is 1.89. The molecule has 3 aromatic rings. The van der Waals surface area contributed by atoms with Gasteiger partial charge in [0.05, 0.1) is 33.8 Å². The molecule has 1 atom stereocenters. The molecule has 0 unspecified atom stereocenters. The Bertz CT molecular complexity index is 1050. The number of hydrogen-bond donors (Lipinski definition) is 0. The lowest BCUT2D eigenvalue weighted by molar-refractivity contribution is 0.200. The number of rotatable bonds is 7. The van der Waals surface area contributed by atoms with Crippen molar-refractivity contribution in [2.24, 2.45) is 0 Å². The molecule has 3 aromatic heterocycles. The first-order valence-corrected chi connectivity index (χ1v) is 10.6. The Kier molecular flexibility index (Phi) is 5.54. The molecule has 4 heterocycles. The summed E-state index contributed by atoms with van der Waals surface area (Å²) in [5.41, 5.74) is 1.40. The smallest absolute Gasteiger partial charge is 0.325 e. The molecule has 0 bridgehead atoms. The van der Waals surface area contributed by atoms with Crippen LogP contribution < -0.4 is 4.90 Å². The van der Waals surface area contributed by atoms with Crippen molar-refractivity contribution in [1.29, 1.82) is 0 Å². The van der Waals surface area contributed by atoms with Crippen LogP contribution in [-0.4, -0.2) is 74.5 Å². The van der Waals surface area contributed by atoms with Crippen molar-refractivity contribution < 1.29 is 13.7 Å². The lowest BCUT2D eigenvalue weighted by atomic mass is 10.3. The number of hydrogen-bond acceptors (Lipinski definition) is 6. The van der Waals surface area contributed by atoms with Crippen LogP contribution in [0.15, 0.2) is 41.7 Å². The minimum Gasteiger partial charge on any atom is -0.385 e. The normalized spacial score (nSPS) is 15.4. The van der Waals surface area contributed by atoms with Crippen LogP contribution in [0.25, 0.3) is 16.7 Å². The third-order valence-corrected chi connectivity index (χ3v) is 6.20. The first-order chi connectivity index (χ1) is 14.1. The van der Waals surface area contributed by atoms with E-state index in [1.807, 2.05) is 12.1 Å². The van der Waals surface area contributed by atoms with Crippen molar-refractivity contribution in [2.75, 3.05) is 44.5 Å². The average Bonchev–Trinajstić information content (AvgIpc) is 3.31. The van der Waals surface area contributed by atoms with Gasteiger partial charge in [-0.15, -0.1) is 0 Å². The maximum absolute atomic E-state index is 12.4. The van der Waals surface area contributed by atoms with Crippen LogP contribution in [0, 0.1) is 0 Å². The summed E-state index contributed by atoms with van der Waals surface area (Å²) in [7, 11) is 2.29. The van der Waals surface area contributed by atoms with Gasteiger partial charge in [0, 0.05) is 51.2 Å². The number of fused-ring (bicyclic) bond motifs is 1. The molecule has 0 N–H and O–H groups in total. The topological polar surface area (TPSA) is 93.5 Å². The fraction of sp³-hybridized carbons (Fsp3) is 0.368. The Morgan fingerprint density at radius 1 is 1.17 bits per heavy atom. The second kappa shape index (κ2) is 8.26. The highest BCUT2D eigenvalue weighted by Gasteiger charge is 2.27. The summed E-state index contributed by atoms with van der Waals surface area (Å²) in [6, 6.07) is 5.47. The second-order valence-corrected chi connectivity index (χ2v) is 8.34. The van der Waals surface area contributed by atoms with Gasteiger partial charge in [-0.05, 0) is 24.6 Å². The number of pyridine rings is 2. The Labute approximate surface area is 170 Å². The zero-order chi connectivity index (χ0) is 20.4. The highest BCUT2D eigenvalue weighted by molar-refractivity contribution is 7.85. The van der Waals surface area contributed by atoms with Crippen molar-refractivity contribution in [1.82, 2.24) is 24.6 Å². The van der Waals surface area contributed by atoms with Gasteiger partial charge in [-0.3, -0.25) is 9.11 Å². The quantitative estimate of drug-likeness (QED) is 0.548. The zero-order valence-corrected chi connectivity index (χ0v) is 17.1. The summed E-state index contributed by atoms with van der Waals surface area (Å²) >= 11 is 0. The van der Waals surface area contributed by atoms with Gasteiger partial charge in [-0.1, -0.05) is 0 Å². The Morgan fingerprint density at radius 3 is 2.72 bits per heavy atom. The number of likely N-dealkylation sites (N-methyl/N-ethyl adjacent to an activating group) is 1. The van der Waals surface area contributed by atoms with E-state index in [2.05, 4.69) is 15.1 Å². The lowest BCUT2D eigenvalue weighted by Gasteiger charge is -2.15. The summed E-state index contributed by atoms with van der Waals surface area (Å²) in [6.07, 6.45) is 5.73. The lowest BCUT2D eigenvalue weighted by Crippen LogP contribution is -2.29. The number of carbonyl (C=O) groups excluding carboxylic acids is 1. The van der Waals surface area contributed by atoms with Gasteiger partial charge in [0.2, 0.25) is 0 Å². The summed E-state index contributed by atoms with van der Waals surface area (Å²) in [4.78, 5) is 25.0. The number of aromatic nitrogens is 4. The molecule has 0 radical (unpaired) electrons. The molecule has 0 spiro atoms. The van der Waals surface area contributed by atoms with Crippen molar-refractivity contribution in [2.45, 2.75) is 11.3 Å². The standard InChI is InChI=1S/C19H22N6O3S/c1-23-6-7-24(19(23)26)17-5-4-15(12-20-17)25-18-14(11-22-25)10-16(13-21-18)29(27)9-3-8-28-2/h4-5,10-13H,3,6-9H2,1-2H3/t29-/m1/s1. The third-order valence-electron chi connectivity index (χ3n) is 4.79. The first kappa shape index (κ1) is 19.5. The van der Waals surface area contributed by atoms with Gasteiger partial charge < -0.3 is 9.64 Å². The molecule has 2 amide bonds. The maximum atomic E-state index is 12.4. The molecule has 4 rings (SSSR count). The fourth-order valence-corrected chi connectivity index (χ4v) is 4.23. The SMILES string of the molecule is COCCC[S@@](=O)c1cnc2c(cnn2-c2ccc(N3CCN(C)C3=O)nc2)c1. The number of nitrogens with zero attached hydrogens (tertiary/aromatic N) is 6. The molecule has 152 valence electrons. The highest BCUT2D eigenvalue weighted by atomic mass is 32.2. The molecule has 1 aliphatic rings. The van der Waals surface area contributed by atoms with Crippen LogP contribution in [0.2, 0.25) is 0 Å². The van der Waals surface area contributed by atoms with E-state index < -0.39 is 10.8 Å². The summed E-state index contributed by atoms with van der Waals surface area (Å²) in [5.74, 6) is 1.14. The molecule has 9 nitrogen and oxygen atoms in total. The summed E-state index contributed by atoms with van der Waals surface area (Å²) < 4.78 is 19.1. The molecule has 1 saturated heterocycles. The van der Waals surface area contributed by atoms with Crippen LogP contribution >= 0.6 is 0 Å². The minimum atomic E-state index is -1.12. The Hall–Kier alpha value is -2.85. The van der Waals surface area contributed by atoms with Crippen molar-refractivity contribution in [3.8, 4) is 5.69 Å². The number of urea groups is 1. The van der Waals surface area contributed by atoms with E-state index in [-0.39, 0.29) is 6.03 Å². The van der Waals surface area contributed by atoms with Crippen molar-refractivity contribution in [3.63, 3.8) is 0 Å². The third kappa shape index (κ3) is 3.85. The zero-order valence-electron chi connectivity index (χ0n) is 16.3. The predicted molar refractivity (Wildman–Crippen MR) is 110 cm³/mol. The predicted octanol–water partition coefficient (Wildman–Crippen LogP) is 1.83. The van der Waals surface area contributed by atoms with Gasteiger partial charge >= 0.3 is 6.03 Å². The van der Waals surface area contributed by atoms with E-state index in [1.165, 1.54) is 0 Å². The number of methoxy groups -OCH3 is 1. The maximum Gasteiger partial charge on any atom is 0.325 e. The molecule has 10 heteroatoms. The van der Waals surface area contributed by atoms with E-state index in [9.17, 15) is 9.00 Å². The van der Waals surface area contributed by atoms with Gasteiger partial charge in [-0.25, -0.2) is 19.4 Å². The van der Waals surface area contributed by atoms with Crippen LogP contribution in [0.4, 0.5) is 10.6 Å². The van der Waals surface area contributed by atoms with Crippen LogP contribution in [0.3, 0.4) is 0 Å². The molecule has 0 saturated carbocycles. The van der Waals surface area contributed by atoms with Gasteiger partial charge in [-0.2, -0.15) is 5.10 Å². The number of amides is 2. The number of anilines is 1. The molecule has 0 aromatic carbocycles. The van der Waals surface area contributed by atoms with E-state index in [4.69, 9.17) is 4.74 Å². The average molecular weight is 414 g/mol. The van der Waals surface area contributed by atoms with E-state index in [1.54, 1.807) is 53.3 Å². The largest absolute Gasteiger partial charge is 0.385 e. The summed E-state index contributed by atoms with van der Waals surface area (Å²) in [5, 5.41) is 5.21. The van der Waals surface area contributed by atoms with E-state index in [0.717, 1.165) is 17.5 Å². The molecule has 29 heavy (non-hydrogen) atoms. The second-order valence-electron chi connectivity index (χ2n) is 6.77. The molecular weight excluding hydrogens is 392 g/mol. The Morgan fingerprint density at radius 2 is 2.03 bits per heavy atom.